The summed E-state index contributed by atoms with van der Waals surface area (Å²) in [6, 6.07) is 8.66. The lowest BCUT2D eigenvalue weighted by atomic mass is 10.1. The highest BCUT2D eigenvalue weighted by Crippen LogP contribution is 2.30. The Morgan fingerprint density at radius 2 is 2.15 bits per heavy atom. The summed E-state index contributed by atoms with van der Waals surface area (Å²) < 4.78 is 38.3. The minimum absolute atomic E-state index is 0.119. The summed E-state index contributed by atoms with van der Waals surface area (Å²) in [6.07, 6.45) is -0.703. The van der Waals surface area contributed by atoms with Gasteiger partial charge in [-0.15, -0.1) is 0 Å². The first-order chi connectivity index (χ1) is 12.9. The molecular weight excluding hydrogens is 357 g/mol. The molecular formula is C19H21F3N4O. The summed E-state index contributed by atoms with van der Waals surface area (Å²) in [5.74, 6) is -0.308. The number of amides is 1. The SMILES string of the molecule is O=C(CCN1CCNCC1c1cccnc1)Nc1cccc(C(F)(F)F)c1. The first-order valence-electron chi connectivity index (χ1n) is 8.75. The summed E-state index contributed by atoms with van der Waals surface area (Å²) in [7, 11) is 0. The molecule has 2 heterocycles. The third-order valence-electron chi connectivity index (χ3n) is 4.52. The number of piperazine rings is 1. The van der Waals surface area contributed by atoms with Crippen LogP contribution in [0.2, 0.25) is 0 Å². The molecule has 1 aliphatic heterocycles. The van der Waals surface area contributed by atoms with E-state index in [-0.39, 0.29) is 24.1 Å². The van der Waals surface area contributed by atoms with Gasteiger partial charge >= 0.3 is 6.18 Å². The normalized spacial score (nSPS) is 18.3. The lowest BCUT2D eigenvalue weighted by molar-refractivity contribution is -0.137. The van der Waals surface area contributed by atoms with E-state index in [0.29, 0.717) is 6.54 Å². The van der Waals surface area contributed by atoms with Crippen molar-refractivity contribution in [3.63, 3.8) is 0 Å². The van der Waals surface area contributed by atoms with Gasteiger partial charge in [-0.1, -0.05) is 12.1 Å². The van der Waals surface area contributed by atoms with Gasteiger partial charge in [0.15, 0.2) is 0 Å². The number of halogens is 3. The third-order valence-corrected chi connectivity index (χ3v) is 4.52. The molecule has 0 saturated carbocycles. The highest BCUT2D eigenvalue weighted by atomic mass is 19.4. The second-order valence-corrected chi connectivity index (χ2v) is 6.42. The van der Waals surface area contributed by atoms with Gasteiger partial charge in [0.25, 0.3) is 0 Å². The molecule has 0 bridgehead atoms. The number of pyridine rings is 1. The van der Waals surface area contributed by atoms with E-state index in [1.807, 2.05) is 18.3 Å². The molecule has 1 amide bonds. The second kappa shape index (κ2) is 8.49. The molecule has 8 heteroatoms. The Kier molecular flexibility index (Phi) is 6.08. The van der Waals surface area contributed by atoms with Crippen LogP contribution >= 0.6 is 0 Å². The Morgan fingerprint density at radius 1 is 1.30 bits per heavy atom. The molecule has 2 N–H and O–H groups in total. The average molecular weight is 378 g/mol. The van der Waals surface area contributed by atoms with E-state index in [1.165, 1.54) is 12.1 Å². The lowest BCUT2D eigenvalue weighted by Crippen LogP contribution is -2.46. The molecule has 1 aromatic heterocycles. The summed E-state index contributed by atoms with van der Waals surface area (Å²) in [6.45, 7) is 2.90. The Morgan fingerprint density at radius 3 is 2.89 bits per heavy atom. The standard InChI is InChI=1S/C19H21F3N4O/c20-19(21,22)15-4-1-5-16(11-15)25-18(27)6-9-26-10-8-24-13-17(26)14-3-2-7-23-12-14/h1-5,7,11-12,17,24H,6,8-10,13H2,(H,25,27). The predicted molar refractivity (Wildman–Crippen MR) is 96.1 cm³/mol. The predicted octanol–water partition coefficient (Wildman–Crippen LogP) is 3.08. The van der Waals surface area contributed by atoms with E-state index in [4.69, 9.17) is 0 Å². The average Bonchev–Trinajstić information content (AvgIpc) is 2.67. The van der Waals surface area contributed by atoms with Crippen LogP contribution in [0.5, 0.6) is 0 Å². The minimum atomic E-state index is -4.43. The molecule has 1 aliphatic rings. The molecule has 1 fully saturated rings. The van der Waals surface area contributed by atoms with Crippen LogP contribution in [0.1, 0.15) is 23.6 Å². The van der Waals surface area contributed by atoms with Crippen molar-refractivity contribution in [2.24, 2.45) is 0 Å². The molecule has 0 aliphatic carbocycles. The fourth-order valence-electron chi connectivity index (χ4n) is 3.16. The number of alkyl halides is 3. The molecule has 0 radical (unpaired) electrons. The molecule has 0 spiro atoms. The Balaban J connectivity index is 1.58. The van der Waals surface area contributed by atoms with Gasteiger partial charge in [0.05, 0.1) is 5.56 Å². The lowest BCUT2D eigenvalue weighted by Gasteiger charge is -2.36. The first-order valence-corrected chi connectivity index (χ1v) is 8.75. The number of anilines is 1. The van der Waals surface area contributed by atoms with Crippen LogP contribution in [0.4, 0.5) is 18.9 Å². The molecule has 1 atom stereocenters. The highest BCUT2D eigenvalue weighted by molar-refractivity contribution is 5.90. The van der Waals surface area contributed by atoms with Crippen molar-refractivity contribution in [2.75, 3.05) is 31.5 Å². The fourth-order valence-corrected chi connectivity index (χ4v) is 3.16. The van der Waals surface area contributed by atoms with Gasteiger partial charge in [0, 0.05) is 56.7 Å². The van der Waals surface area contributed by atoms with Crippen molar-refractivity contribution in [1.29, 1.82) is 0 Å². The number of hydrogen-bond donors (Lipinski definition) is 2. The van der Waals surface area contributed by atoms with Crippen molar-refractivity contribution >= 4 is 11.6 Å². The van der Waals surface area contributed by atoms with Gasteiger partial charge in [0.2, 0.25) is 5.91 Å². The van der Waals surface area contributed by atoms with Crippen molar-refractivity contribution in [3.8, 4) is 0 Å². The van der Waals surface area contributed by atoms with E-state index in [1.54, 1.807) is 6.20 Å². The third kappa shape index (κ3) is 5.27. The van der Waals surface area contributed by atoms with Gasteiger partial charge in [0.1, 0.15) is 0 Å². The van der Waals surface area contributed by atoms with Crippen molar-refractivity contribution in [3.05, 3.63) is 59.9 Å². The highest BCUT2D eigenvalue weighted by Gasteiger charge is 2.30. The van der Waals surface area contributed by atoms with Crippen molar-refractivity contribution in [1.82, 2.24) is 15.2 Å². The van der Waals surface area contributed by atoms with Crippen LogP contribution in [-0.2, 0) is 11.0 Å². The number of nitrogens with one attached hydrogen (secondary N) is 2. The zero-order valence-electron chi connectivity index (χ0n) is 14.7. The van der Waals surface area contributed by atoms with Gasteiger partial charge in [-0.2, -0.15) is 13.2 Å². The summed E-state index contributed by atoms with van der Waals surface area (Å²) in [4.78, 5) is 18.6. The zero-order valence-corrected chi connectivity index (χ0v) is 14.7. The largest absolute Gasteiger partial charge is 0.416 e. The number of nitrogens with zero attached hydrogens (tertiary/aromatic N) is 2. The summed E-state index contributed by atoms with van der Waals surface area (Å²) in [5, 5.41) is 5.89. The van der Waals surface area contributed by atoms with E-state index in [0.717, 1.165) is 37.3 Å². The van der Waals surface area contributed by atoms with E-state index < -0.39 is 11.7 Å². The monoisotopic (exact) mass is 378 g/mol. The second-order valence-electron chi connectivity index (χ2n) is 6.42. The van der Waals surface area contributed by atoms with Crippen LogP contribution in [0, 0.1) is 0 Å². The quantitative estimate of drug-likeness (QED) is 0.840. The summed E-state index contributed by atoms with van der Waals surface area (Å²) >= 11 is 0. The maximum Gasteiger partial charge on any atom is 0.416 e. The van der Waals surface area contributed by atoms with Gasteiger partial charge < -0.3 is 10.6 Å². The molecule has 5 nitrogen and oxygen atoms in total. The summed E-state index contributed by atoms with van der Waals surface area (Å²) in [5.41, 5.74) is 0.445. The molecule has 1 unspecified atom stereocenters. The topological polar surface area (TPSA) is 57.3 Å². The van der Waals surface area contributed by atoms with Crippen LogP contribution < -0.4 is 10.6 Å². The van der Waals surface area contributed by atoms with Gasteiger partial charge in [-0.3, -0.25) is 14.7 Å². The maximum absolute atomic E-state index is 12.8. The number of rotatable bonds is 5. The Hall–Kier alpha value is -2.45. The number of benzene rings is 1. The van der Waals surface area contributed by atoms with Crippen LogP contribution in [0.3, 0.4) is 0 Å². The maximum atomic E-state index is 12.8. The Labute approximate surface area is 155 Å². The smallest absolute Gasteiger partial charge is 0.326 e. The number of carbonyl (C=O) groups excluding carboxylic acids is 1. The minimum Gasteiger partial charge on any atom is -0.326 e. The van der Waals surface area contributed by atoms with Crippen molar-refractivity contribution in [2.45, 2.75) is 18.6 Å². The molecule has 144 valence electrons. The molecule has 3 rings (SSSR count). The van der Waals surface area contributed by atoms with E-state index >= 15 is 0 Å². The number of carbonyl (C=O) groups is 1. The Bertz CT molecular complexity index is 767. The first kappa shape index (κ1) is 19.3. The van der Waals surface area contributed by atoms with E-state index in [2.05, 4.69) is 20.5 Å². The zero-order chi connectivity index (χ0) is 19.3. The molecule has 27 heavy (non-hydrogen) atoms. The number of aromatic nitrogens is 1. The molecule has 1 saturated heterocycles. The van der Waals surface area contributed by atoms with Gasteiger partial charge in [-0.05, 0) is 29.8 Å². The van der Waals surface area contributed by atoms with Crippen LogP contribution in [0.25, 0.3) is 0 Å². The van der Waals surface area contributed by atoms with Crippen LogP contribution in [0.15, 0.2) is 48.8 Å². The fraction of sp³-hybridized carbons (Fsp3) is 0.368. The molecule has 1 aromatic carbocycles. The van der Waals surface area contributed by atoms with Gasteiger partial charge in [-0.25, -0.2) is 0 Å². The number of hydrogen-bond acceptors (Lipinski definition) is 4. The van der Waals surface area contributed by atoms with E-state index in [9.17, 15) is 18.0 Å². The molecule has 2 aromatic rings. The van der Waals surface area contributed by atoms with Crippen LogP contribution in [-0.4, -0.2) is 42.0 Å². The van der Waals surface area contributed by atoms with Crippen molar-refractivity contribution < 1.29 is 18.0 Å².